The summed E-state index contributed by atoms with van der Waals surface area (Å²) in [5, 5.41) is 12.8. The summed E-state index contributed by atoms with van der Waals surface area (Å²) in [4.78, 5) is 13.4. The van der Waals surface area contributed by atoms with Crippen molar-refractivity contribution in [2.75, 3.05) is 5.32 Å². The molecule has 34 heavy (non-hydrogen) atoms. The number of hydrogen-bond acceptors (Lipinski definition) is 5. The molecule has 0 aliphatic heterocycles. The first-order valence-corrected chi connectivity index (χ1v) is 11.8. The molecule has 6 aromatic rings. The van der Waals surface area contributed by atoms with Crippen LogP contribution in [0, 0.1) is 5.13 Å². The first-order valence-electron chi connectivity index (χ1n) is 11.0. The van der Waals surface area contributed by atoms with Crippen LogP contribution in [0.4, 0.5) is 10.1 Å². The maximum Gasteiger partial charge on any atom is 0.176 e. The van der Waals surface area contributed by atoms with E-state index in [0.717, 1.165) is 71.9 Å². The molecule has 0 aliphatic rings. The van der Waals surface area contributed by atoms with Gasteiger partial charge in [-0.25, -0.2) is 0 Å². The molecule has 0 atom stereocenters. The Morgan fingerprint density at radius 2 is 1.88 bits per heavy atom. The van der Waals surface area contributed by atoms with Crippen molar-refractivity contribution in [3.63, 3.8) is 0 Å². The summed E-state index contributed by atoms with van der Waals surface area (Å²) >= 11 is 1.15. The summed E-state index contributed by atoms with van der Waals surface area (Å²) in [5.41, 5.74) is 7.22. The van der Waals surface area contributed by atoms with Crippen LogP contribution in [0.1, 0.15) is 13.8 Å². The first-order chi connectivity index (χ1) is 16.5. The summed E-state index contributed by atoms with van der Waals surface area (Å²) in [6.45, 7) is 4.19. The molecule has 8 heteroatoms. The highest BCUT2D eigenvalue weighted by Gasteiger charge is 2.15. The lowest BCUT2D eigenvalue weighted by molar-refractivity contribution is 0.657. The number of hydrogen-bond donors (Lipinski definition) is 3. The molecule has 0 aliphatic carbocycles. The summed E-state index contributed by atoms with van der Waals surface area (Å²) < 4.78 is 13.7. The molecule has 0 amide bonds. The molecule has 0 spiro atoms. The number of anilines is 1. The Hall–Kier alpha value is -4.04. The number of aromatic nitrogens is 5. The highest BCUT2D eigenvalue weighted by Crippen LogP contribution is 2.37. The molecule has 6 rings (SSSR count). The minimum atomic E-state index is -0.191. The Morgan fingerprint density at radius 1 is 0.971 bits per heavy atom. The predicted octanol–water partition coefficient (Wildman–Crippen LogP) is 6.86. The highest BCUT2D eigenvalue weighted by molar-refractivity contribution is 7.14. The van der Waals surface area contributed by atoms with Crippen LogP contribution in [0.3, 0.4) is 0 Å². The average molecular weight is 469 g/mol. The molecule has 0 unspecified atom stereocenters. The molecule has 0 fully saturated rings. The number of halogens is 1. The Balaban J connectivity index is 1.45. The molecular formula is C26H21FN6S. The number of nitrogens with zero attached hydrogens (tertiary/aromatic N) is 3. The Bertz CT molecular complexity index is 1640. The summed E-state index contributed by atoms with van der Waals surface area (Å²) in [6.07, 6.45) is 5.42. The number of pyridine rings is 2. The smallest absolute Gasteiger partial charge is 0.176 e. The zero-order chi connectivity index (χ0) is 23.2. The van der Waals surface area contributed by atoms with E-state index in [2.05, 4.69) is 56.4 Å². The average Bonchev–Trinajstić information content (AvgIpc) is 3.55. The van der Waals surface area contributed by atoms with Crippen LogP contribution in [0.25, 0.3) is 54.9 Å². The fourth-order valence-electron chi connectivity index (χ4n) is 4.23. The third kappa shape index (κ3) is 3.62. The van der Waals surface area contributed by atoms with Gasteiger partial charge in [0.15, 0.2) is 5.13 Å². The summed E-state index contributed by atoms with van der Waals surface area (Å²) in [6, 6.07) is 15.8. The van der Waals surface area contributed by atoms with Crippen LogP contribution in [0.2, 0.25) is 0 Å². The van der Waals surface area contributed by atoms with Crippen molar-refractivity contribution in [2.24, 2.45) is 0 Å². The number of rotatable bonds is 5. The molecule has 6 nitrogen and oxygen atoms in total. The summed E-state index contributed by atoms with van der Waals surface area (Å²) in [5.74, 6) is 0. The van der Waals surface area contributed by atoms with Crippen molar-refractivity contribution >= 4 is 38.8 Å². The maximum atomic E-state index is 13.7. The van der Waals surface area contributed by atoms with Crippen LogP contribution in [-0.4, -0.2) is 31.2 Å². The van der Waals surface area contributed by atoms with Gasteiger partial charge in [0, 0.05) is 50.7 Å². The standard InChI is InChI=1S/C26H21FN6S/c1-14(2)30-16-8-15(11-28-12-16)21-10-19-23(13-29-21)32-33-26(19)22-9-18-17(4-3-5-20(18)31-22)24-6-7-25(27)34-24/h3-14,30-31H,1-2H3,(H,32,33). The fraction of sp³-hybridized carbons (Fsp3) is 0.115. The molecular weight excluding hydrogens is 447 g/mol. The lowest BCUT2D eigenvalue weighted by atomic mass is 10.1. The van der Waals surface area contributed by atoms with Crippen molar-refractivity contribution < 1.29 is 4.39 Å². The number of aromatic amines is 2. The van der Waals surface area contributed by atoms with Gasteiger partial charge in [-0.3, -0.25) is 15.1 Å². The zero-order valence-corrected chi connectivity index (χ0v) is 19.4. The van der Waals surface area contributed by atoms with Gasteiger partial charge < -0.3 is 10.3 Å². The molecule has 0 bridgehead atoms. The largest absolute Gasteiger partial charge is 0.382 e. The van der Waals surface area contributed by atoms with Crippen molar-refractivity contribution in [3.8, 4) is 33.1 Å². The van der Waals surface area contributed by atoms with E-state index in [1.54, 1.807) is 6.20 Å². The number of fused-ring (bicyclic) bond motifs is 2. The molecule has 5 heterocycles. The molecule has 1 aromatic carbocycles. The third-order valence-electron chi connectivity index (χ3n) is 5.69. The van der Waals surface area contributed by atoms with Gasteiger partial charge in [-0.05, 0) is 50.2 Å². The van der Waals surface area contributed by atoms with Gasteiger partial charge in [-0.1, -0.05) is 12.1 Å². The molecule has 3 N–H and O–H groups in total. The minimum Gasteiger partial charge on any atom is -0.382 e. The van der Waals surface area contributed by atoms with Gasteiger partial charge in [0.2, 0.25) is 0 Å². The second-order valence-corrected chi connectivity index (χ2v) is 9.54. The van der Waals surface area contributed by atoms with Gasteiger partial charge in [-0.2, -0.15) is 9.49 Å². The monoisotopic (exact) mass is 468 g/mol. The van der Waals surface area contributed by atoms with E-state index in [0.29, 0.717) is 6.04 Å². The molecule has 0 saturated heterocycles. The van der Waals surface area contributed by atoms with Gasteiger partial charge in [-0.15, -0.1) is 11.3 Å². The van der Waals surface area contributed by atoms with Gasteiger partial charge in [0.1, 0.15) is 5.69 Å². The molecule has 5 aromatic heterocycles. The number of thiophene rings is 1. The summed E-state index contributed by atoms with van der Waals surface area (Å²) in [7, 11) is 0. The normalized spacial score (nSPS) is 11.6. The van der Waals surface area contributed by atoms with E-state index in [1.807, 2.05) is 42.7 Å². The Kier molecular flexibility index (Phi) is 4.88. The fourth-order valence-corrected chi connectivity index (χ4v) is 5.00. The van der Waals surface area contributed by atoms with Crippen LogP contribution in [0.15, 0.2) is 67.1 Å². The van der Waals surface area contributed by atoms with Crippen molar-refractivity contribution in [1.82, 2.24) is 25.1 Å². The zero-order valence-electron chi connectivity index (χ0n) is 18.6. The van der Waals surface area contributed by atoms with E-state index in [-0.39, 0.29) is 5.13 Å². The number of benzene rings is 1. The SMILES string of the molecule is CC(C)Nc1cncc(-c2cc3c(-c4cc5c(-c6ccc(F)s6)cccc5[nH]4)n[nH]c3cn2)c1. The predicted molar refractivity (Wildman–Crippen MR) is 136 cm³/mol. The Morgan fingerprint density at radius 3 is 2.71 bits per heavy atom. The highest BCUT2D eigenvalue weighted by atomic mass is 32.1. The van der Waals surface area contributed by atoms with E-state index >= 15 is 0 Å². The number of nitrogens with one attached hydrogen (secondary N) is 3. The van der Waals surface area contributed by atoms with Gasteiger partial charge >= 0.3 is 0 Å². The number of H-pyrrole nitrogens is 2. The van der Waals surface area contributed by atoms with Crippen molar-refractivity contribution in [3.05, 3.63) is 72.3 Å². The second kappa shape index (κ2) is 8.07. The van der Waals surface area contributed by atoms with E-state index in [4.69, 9.17) is 0 Å². The molecule has 0 saturated carbocycles. The second-order valence-electron chi connectivity index (χ2n) is 8.50. The molecule has 0 radical (unpaired) electrons. The first kappa shape index (κ1) is 20.6. The van der Waals surface area contributed by atoms with Gasteiger partial charge in [0.05, 0.1) is 28.8 Å². The lowest BCUT2D eigenvalue weighted by Crippen LogP contribution is -2.09. The maximum absolute atomic E-state index is 13.7. The van der Waals surface area contributed by atoms with Crippen LogP contribution < -0.4 is 5.32 Å². The minimum absolute atomic E-state index is 0.191. The van der Waals surface area contributed by atoms with Crippen LogP contribution in [-0.2, 0) is 0 Å². The van der Waals surface area contributed by atoms with Crippen molar-refractivity contribution in [2.45, 2.75) is 19.9 Å². The quantitative estimate of drug-likeness (QED) is 0.258. The molecule has 168 valence electrons. The van der Waals surface area contributed by atoms with Gasteiger partial charge in [0.25, 0.3) is 0 Å². The van der Waals surface area contributed by atoms with Crippen LogP contribution >= 0.6 is 11.3 Å². The van der Waals surface area contributed by atoms with Crippen molar-refractivity contribution in [1.29, 1.82) is 0 Å². The topological polar surface area (TPSA) is 82.3 Å². The van der Waals surface area contributed by atoms with Crippen LogP contribution in [0.5, 0.6) is 0 Å². The third-order valence-corrected chi connectivity index (χ3v) is 6.60. The van der Waals surface area contributed by atoms with E-state index < -0.39 is 0 Å². The van der Waals surface area contributed by atoms with E-state index in [9.17, 15) is 4.39 Å². The lowest BCUT2D eigenvalue weighted by Gasteiger charge is -2.10. The van der Waals surface area contributed by atoms with E-state index in [1.165, 1.54) is 6.07 Å². The Labute approximate surface area is 198 Å².